The quantitative estimate of drug-likeness (QED) is 0.748. The molecule has 0 aromatic heterocycles. The molecule has 1 aliphatic heterocycles. The van der Waals surface area contributed by atoms with Crippen LogP contribution in [0.4, 0.5) is 11.4 Å². The summed E-state index contributed by atoms with van der Waals surface area (Å²) in [6, 6.07) is 7.11. The standard InChI is InChI=1S/C14H19BrN2/c15-11-6-7-13-14(8-11)17-12-5-3-1-2-4-10(12)9-16-13/h6-8,10,12,16-17H,1-5,9H2. The molecule has 2 nitrogen and oxygen atoms in total. The Morgan fingerprint density at radius 1 is 1.06 bits per heavy atom. The van der Waals surface area contributed by atoms with Gasteiger partial charge in [-0.1, -0.05) is 35.2 Å². The first-order valence-electron chi connectivity index (χ1n) is 6.63. The van der Waals surface area contributed by atoms with Crippen LogP contribution in [0.1, 0.15) is 32.1 Å². The maximum atomic E-state index is 3.75. The molecular weight excluding hydrogens is 276 g/mol. The fraction of sp³-hybridized carbons (Fsp3) is 0.571. The highest BCUT2D eigenvalue weighted by molar-refractivity contribution is 9.10. The van der Waals surface area contributed by atoms with Crippen LogP contribution in [-0.4, -0.2) is 12.6 Å². The van der Waals surface area contributed by atoms with Gasteiger partial charge in [0.1, 0.15) is 0 Å². The molecule has 2 atom stereocenters. The highest BCUT2D eigenvalue weighted by Gasteiger charge is 2.26. The molecule has 2 aliphatic rings. The number of benzene rings is 1. The Bertz CT molecular complexity index is 405. The zero-order chi connectivity index (χ0) is 11.7. The van der Waals surface area contributed by atoms with Gasteiger partial charge in [-0.2, -0.15) is 0 Å². The summed E-state index contributed by atoms with van der Waals surface area (Å²) in [7, 11) is 0. The van der Waals surface area contributed by atoms with Crippen LogP contribution < -0.4 is 10.6 Å². The van der Waals surface area contributed by atoms with Crippen LogP contribution in [0.15, 0.2) is 22.7 Å². The summed E-state index contributed by atoms with van der Waals surface area (Å²) in [6.07, 6.45) is 6.85. The molecule has 1 aliphatic carbocycles. The number of fused-ring (bicyclic) bond motifs is 2. The van der Waals surface area contributed by atoms with Gasteiger partial charge < -0.3 is 10.6 Å². The number of nitrogens with one attached hydrogen (secondary N) is 2. The lowest BCUT2D eigenvalue weighted by Crippen LogP contribution is -2.30. The van der Waals surface area contributed by atoms with E-state index < -0.39 is 0 Å². The van der Waals surface area contributed by atoms with Gasteiger partial charge in [0.05, 0.1) is 11.4 Å². The highest BCUT2D eigenvalue weighted by atomic mass is 79.9. The molecule has 92 valence electrons. The lowest BCUT2D eigenvalue weighted by Gasteiger charge is -2.23. The summed E-state index contributed by atoms with van der Waals surface area (Å²) >= 11 is 3.55. The van der Waals surface area contributed by atoms with Crippen molar-refractivity contribution in [2.24, 2.45) is 5.92 Å². The van der Waals surface area contributed by atoms with Gasteiger partial charge >= 0.3 is 0 Å². The van der Waals surface area contributed by atoms with Crippen LogP contribution in [-0.2, 0) is 0 Å². The van der Waals surface area contributed by atoms with E-state index in [1.807, 2.05) is 0 Å². The van der Waals surface area contributed by atoms with Gasteiger partial charge in [0.25, 0.3) is 0 Å². The van der Waals surface area contributed by atoms with Gasteiger partial charge in [-0.25, -0.2) is 0 Å². The number of halogens is 1. The minimum absolute atomic E-state index is 0.653. The van der Waals surface area contributed by atoms with E-state index in [1.165, 1.54) is 43.5 Å². The smallest absolute Gasteiger partial charge is 0.0589 e. The molecule has 3 heteroatoms. The molecule has 1 aromatic carbocycles. The number of hydrogen-bond acceptors (Lipinski definition) is 2. The maximum absolute atomic E-state index is 3.75. The van der Waals surface area contributed by atoms with Gasteiger partial charge in [0, 0.05) is 17.1 Å². The third kappa shape index (κ3) is 2.44. The zero-order valence-electron chi connectivity index (χ0n) is 10.0. The van der Waals surface area contributed by atoms with Gasteiger partial charge in [0.15, 0.2) is 0 Å². The highest BCUT2D eigenvalue weighted by Crippen LogP contribution is 2.34. The van der Waals surface area contributed by atoms with Crippen LogP contribution in [0.25, 0.3) is 0 Å². The Labute approximate surface area is 111 Å². The molecular formula is C14H19BrN2. The Morgan fingerprint density at radius 2 is 1.94 bits per heavy atom. The number of anilines is 2. The van der Waals surface area contributed by atoms with E-state index in [2.05, 4.69) is 44.8 Å². The normalized spacial score (nSPS) is 27.8. The van der Waals surface area contributed by atoms with E-state index in [0.717, 1.165) is 16.9 Å². The Morgan fingerprint density at radius 3 is 2.88 bits per heavy atom. The molecule has 2 N–H and O–H groups in total. The summed E-state index contributed by atoms with van der Waals surface area (Å²) in [5.74, 6) is 0.781. The molecule has 0 spiro atoms. The first-order chi connectivity index (χ1) is 8.33. The Balaban J connectivity index is 1.87. The first kappa shape index (κ1) is 11.4. The van der Waals surface area contributed by atoms with Crippen molar-refractivity contribution >= 4 is 27.3 Å². The summed E-state index contributed by atoms with van der Waals surface area (Å²) in [5, 5.41) is 7.35. The molecule has 1 saturated carbocycles. The van der Waals surface area contributed by atoms with E-state index >= 15 is 0 Å². The average molecular weight is 295 g/mol. The van der Waals surface area contributed by atoms with Crippen molar-refractivity contribution in [3.05, 3.63) is 22.7 Å². The van der Waals surface area contributed by atoms with E-state index in [-0.39, 0.29) is 0 Å². The summed E-state index contributed by atoms with van der Waals surface area (Å²) in [5.41, 5.74) is 2.51. The van der Waals surface area contributed by atoms with Gasteiger partial charge in [-0.15, -0.1) is 0 Å². The van der Waals surface area contributed by atoms with Crippen LogP contribution >= 0.6 is 15.9 Å². The third-order valence-electron chi connectivity index (χ3n) is 4.04. The predicted molar refractivity (Wildman–Crippen MR) is 76.6 cm³/mol. The molecule has 0 radical (unpaired) electrons. The van der Waals surface area contributed by atoms with Gasteiger partial charge in [-0.05, 0) is 37.0 Å². The Hall–Kier alpha value is -0.700. The fourth-order valence-electron chi connectivity index (χ4n) is 3.05. The minimum atomic E-state index is 0.653. The predicted octanol–water partition coefficient (Wildman–Crippen LogP) is 4.24. The van der Waals surface area contributed by atoms with Gasteiger partial charge in [-0.3, -0.25) is 0 Å². The molecule has 0 bridgehead atoms. The average Bonchev–Trinajstić information content (AvgIpc) is 2.61. The van der Waals surface area contributed by atoms with Crippen molar-refractivity contribution in [2.75, 3.05) is 17.2 Å². The SMILES string of the molecule is Brc1ccc2c(c1)NC1CCCCCC1CN2. The summed E-state index contributed by atoms with van der Waals surface area (Å²) in [4.78, 5) is 0. The molecule has 0 amide bonds. The second-order valence-electron chi connectivity index (χ2n) is 5.22. The topological polar surface area (TPSA) is 24.1 Å². The molecule has 3 rings (SSSR count). The van der Waals surface area contributed by atoms with Crippen molar-refractivity contribution < 1.29 is 0 Å². The molecule has 1 heterocycles. The van der Waals surface area contributed by atoms with E-state index in [1.54, 1.807) is 0 Å². The van der Waals surface area contributed by atoms with Crippen LogP contribution in [0.3, 0.4) is 0 Å². The van der Waals surface area contributed by atoms with Crippen LogP contribution in [0, 0.1) is 5.92 Å². The fourth-order valence-corrected chi connectivity index (χ4v) is 3.41. The number of rotatable bonds is 0. The monoisotopic (exact) mass is 294 g/mol. The van der Waals surface area contributed by atoms with Crippen molar-refractivity contribution in [1.82, 2.24) is 0 Å². The molecule has 1 aromatic rings. The van der Waals surface area contributed by atoms with E-state index in [0.29, 0.717) is 6.04 Å². The third-order valence-corrected chi connectivity index (χ3v) is 4.53. The molecule has 17 heavy (non-hydrogen) atoms. The van der Waals surface area contributed by atoms with Crippen LogP contribution in [0.5, 0.6) is 0 Å². The van der Waals surface area contributed by atoms with Gasteiger partial charge in [0.2, 0.25) is 0 Å². The van der Waals surface area contributed by atoms with Crippen molar-refractivity contribution in [3.8, 4) is 0 Å². The molecule has 0 saturated heterocycles. The maximum Gasteiger partial charge on any atom is 0.0589 e. The molecule has 2 unspecified atom stereocenters. The van der Waals surface area contributed by atoms with Crippen molar-refractivity contribution in [3.63, 3.8) is 0 Å². The summed E-state index contributed by atoms with van der Waals surface area (Å²) in [6.45, 7) is 1.12. The van der Waals surface area contributed by atoms with E-state index in [9.17, 15) is 0 Å². The lowest BCUT2D eigenvalue weighted by atomic mass is 9.95. The zero-order valence-corrected chi connectivity index (χ0v) is 11.6. The number of hydrogen-bond donors (Lipinski definition) is 2. The largest absolute Gasteiger partial charge is 0.383 e. The first-order valence-corrected chi connectivity index (χ1v) is 7.42. The van der Waals surface area contributed by atoms with E-state index in [4.69, 9.17) is 0 Å². The Kier molecular flexibility index (Phi) is 3.28. The lowest BCUT2D eigenvalue weighted by molar-refractivity contribution is 0.444. The summed E-state index contributed by atoms with van der Waals surface area (Å²) < 4.78 is 1.15. The second-order valence-corrected chi connectivity index (χ2v) is 6.14. The minimum Gasteiger partial charge on any atom is -0.383 e. The molecule has 1 fully saturated rings. The van der Waals surface area contributed by atoms with Crippen molar-refractivity contribution in [2.45, 2.75) is 38.1 Å². The van der Waals surface area contributed by atoms with Crippen molar-refractivity contribution in [1.29, 1.82) is 0 Å². The van der Waals surface area contributed by atoms with Crippen LogP contribution in [0.2, 0.25) is 0 Å². The second kappa shape index (κ2) is 4.89.